The minimum Gasteiger partial charge on any atom is -0.322 e. The Kier molecular flexibility index (Phi) is 6.02. The molecule has 3 aromatic rings. The van der Waals surface area contributed by atoms with Gasteiger partial charge in [0, 0.05) is 22.0 Å². The highest BCUT2D eigenvalue weighted by Gasteiger charge is 2.14. The van der Waals surface area contributed by atoms with E-state index < -0.39 is 10.0 Å². The Hall–Kier alpha value is -2.83. The summed E-state index contributed by atoms with van der Waals surface area (Å²) < 4.78 is 27.3. The molecule has 0 aliphatic carbocycles. The van der Waals surface area contributed by atoms with Crippen LogP contribution < -0.4 is 10.0 Å². The van der Waals surface area contributed by atoms with Crippen molar-refractivity contribution in [3.05, 3.63) is 88.9 Å². The van der Waals surface area contributed by atoms with Crippen LogP contribution in [0.1, 0.15) is 22.8 Å². The van der Waals surface area contributed by atoms with Crippen LogP contribution in [0.4, 0.5) is 11.4 Å². The number of benzene rings is 3. The first-order valence-corrected chi connectivity index (χ1v) is 10.5. The van der Waals surface area contributed by atoms with Crippen LogP contribution in [-0.4, -0.2) is 14.3 Å². The molecule has 0 radical (unpaired) electrons. The smallest absolute Gasteiger partial charge is 0.261 e. The van der Waals surface area contributed by atoms with Crippen molar-refractivity contribution in [1.82, 2.24) is 0 Å². The number of rotatable bonds is 6. The van der Waals surface area contributed by atoms with Crippen molar-refractivity contribution in [2.75, 3.05) is 10.0 Å². The van der Waals surface area contributed by atoms with Crippen molar-refractivity contribution in [2.24, 2.45) is 0 Å². The fourth-order valence-electron chi connectivity index (χ4n) is 2.54. The molecule has 28 heavy (non-hydrogen) atoms. The van der Waals surface area contributed by atoms with E-state index in [1.807, 2.05) is 24.3 Å². The molecular weight excluding hydrogens is 396 g/mol. The number of amides is 1. The Labute approximate surface area is 169 Å². The van der Waals surface area contributed by atoms with Gasteiger partial charge in [-0.3, -0.25) is 9.52 Å². The second-order valence-corrected chi connectivity index (χ2v) is 8.26. The van der Waals surface area contributed by atoms with Gasteiger partial charge in [-0.05, 0) is 72.6 Å². The van der Waals surface area contributed by atoms with Gasteiger partial charge in [-0.1, -0.05) is 30.7 Å². The van der Waals surface area contributed by atoms with Crippen LogP contribution in [0.25, 0.3) is 0 Å². The molecule has 3 aromatic carbocycles. The molecule has 0 saturated heterocycles. The summed E-state index contributed by atoms with van der Waals surface area (Å²) in [5.41, 5.74) is 2.68. The van der Waals surface area contributed by atoms with Crippen LogP contribution in [0, 0.1) is 0 Å². The predicted molar refractivity (Wildman–Crippen MR) is 112 cm³/mol. The van der Waals surface area contributed by atoms with E-state index in [0.29, 0.717) is 22.0 Å². The van der Waals surface area contributed by atoms with E-state index in [0.717, 1.165) is 6.42 Å². The van der Waals surface area contributed by atoms with Crippen molar-refractivity contribution in [3.8, 4) is 0 Å². The van der Waals surface area contributed by atoms with E-state index in [4.69, 9.17) is 11.6 Å². The average molecular weight is 415 g/mol. The van der Waals surface area contributed by atoms with Crippen LogP contribution in [0.15, 0.2) is 77.7 Å². The Morgan fingerprint density at radius 3 is 2.00 bits per heavy atom. The van der Waals surface area contributed by atoms with E-state index in [9.17, 15) is 13.2 Å². The van der Waals surface area contributed by atoms with E-state index in [1.165, 1.54) is 29.8 Å². The van der Waals surface area contributed by atoms with E-state index >= 15 is 0 Å². The number of halogens is 1. The average Bonchev–Trinajstić information content (AvgIpc) is 2.69. The predicted octanol–water partition coefficient (Wildman–Crippen LogP) is 4.96. The third kappa shape index (κ3) is 4.91. The van der Waals surface area contributed by atoms with Crippen LogP contribution in [0.5, 0.6) is 0 Å². The van der Waals surface area contributed by atoms with Crippen molar-refractivity contribution >= 4 is 38.9 Å². The first-order chi connectivity index (χ1) is 13.4. The molecule has 0 saturated carbocycles. The van der Waals surface area contributed by atoms with Crippen LogP contribution >= 0.6 is 11.6 Å². The molecule has 2 N–H and O–H groups in total. The molecule has 0 fully saturated rings. The lowest BCUT2D eigenvalue weighted by Gasteiger charge is -2.10. The first-order valence-electron chi connectivity index (χ1n) is 8.66. The summed E-state index contributed by atoms with van der Waals surface area (Å²) in [6.07, 6.45) is 0.932. The third-order valence-corrected chi connectivity index (χ3v) is 5.79. The highest BCUT2D eigenvalue weighted by atomic mass is 35.5. The maximum atomic E-state index is 12.4. The molecule has 1 amide bonds. The molecule has 0 aliphatic heterocycles. The highest BCUT2D eigenvalue weighted by Crippen LogP contribution is 2.19. The second kappa shape index (κ2) is 8.46. The lowest BCUT2D eigenvalue weighted by molar-refractivity contribution is 0.102. The van der Waals surface area contributed by atoms with Gasteiger partial charge < -0.3 is 5.32 Å². The molecule has 0 aromatic heterocycles. The number of hydrogen-bond donors (Lipinski definition) is 2. The van der Waals surface area contributed by atoms with Gasteiger partial charge in [0.05, 0.1) is 4.90 Å². The van der Waals surface area contributed by atoms with Crippen molar-refractivity contribution in [1.29, 1.82) is 0 Å². The maximum absolute atomic E-state index is 12.4. The molecule has 0 aliphatic rings. The normalized spacial score (nSPS) is 11.1. The SMILES string of the molecule is CCc1ccc(NC(=O)c2ccc(NS(=O)(=O)c3ccc(Cl)cc3)cc2)cc1. The number of anilines is 2. The molecule has 0 atom stereocenters. The quantitative estimate of drug-likeness (QED) is 0.598. The van der Waals surface area contributed by atoms with Crippen molar-refractivity contribution in [2.45, 2.75) is 18.2 Å². The molecule has 0 bridgehead atoms. The number of carbonyl (C=O) groups excluding carboxylic acids is 1. The number of carbonyl (C=O) groups is 1. The summed E-state index contributed by atoms with van der Waals surface area (Å²) in [5.74, 6) is -0.267. The molecule has 0 spiro atoms. The Morgan fingerprint density at radius 1 is 0.857 bits per heavy atom. The van der Waals surface area contributed by atoms with Gasteiger partial charge in [0.1, 0.15) is 0 Å². The molecule has 144 valence electrons. The number of nitrogens with one attached hydrogen (secondary N) is 2. The topological polar surface area (TPSA) is 75.3 Å². The molecule has 7 heteroatoms. The molecule has 0 unspecified atom stereocenters. The zero-order valence-corrected chi connectivity index (χ0v) is 16.7. The number of aryl methyl sites for hydroxylation is 1. The van der Waals surface area contributed by atoms with Gasteiger partial charge in [0.2, 0.25) is 0 Å². The van der Waals surface area contributed by atoms with Crippen LogP contribution in [0.2, 0.25) is 5.02 Å². The van der Waals surface area contributed by atoms with Gasteiger partial charge in [-0.25, -0.2) is 8.42 Å². The maximum Gasteiger partial charge on any atom is 0.261 e. The second-order valence-electron chi connectivity index (χ2n) is 6.14. The summed E-state index contributed by atoms with van der Waals surface area (Å²) in [4.78, 5) is 12.5. The Balaban J connectivity index is 1.68. The van der Waals surface area contributed by atoms with Gasteiger partial charge in [-0.15, -0.1) is 0 Å². The number of hydrogen-bond acceptors (Lipinski definition) is 3. The van der Waals surface area contributed by atoms with Crippen LogP contribution in [0.3, 0.4) is 0 Å². The minimum absolute atomic E-state index is 0.106. The molecular formula is C21H19ClN2O3S. The van der Waals surface area contributed by atoms with E-state index in [2.05, 4.69) is 17.0 Å². The standard InChI is InChI=1S/C21H19ClN2O3S/c1-2-15-3-9-18(10-4-15)23-21(25)16-5-11-19(12-6-16)24-28(26,27)20-13-7-17(22)8-14-20/h3-14,24H,2H2,1H3,(H,23,25). The van der Waals surface area contributed by atoms with Crippen molar-refractivity contribution < 1.29 is 13.2 Å². The Bertz CT molecular complexity index is 1060. The van der Waals surface area contributed by atoms with Gasteiger partial charge in [0.25, 0.3) is 15.9 Å². The fourth-order valence-corrected chi connectivity index (χ4v) is 3.73. The van der Waals surface area contributed by atoms with Gasteiger partial charge in [0.15, 0.2) is 0 Å². The van der Waals surface area contributed by atoms with E-state index in [-0.39, 0.29) is 10.8 Å². The molecule has 3 rings (SSSR count). The summed E-state index contributed by atoms with van der Waals surface area (Å²) in [5, 5.41) is 3.28. The minimum atomic E-state index is -3.73. The number of sulfonamides is 1. The lowest BCUT2D eigenvalue weighted by Crippen LogP contribution is -2.14. The summed E-state index contributed by atoms with van der Waals surface area (Å²) in [6, 6.07) is 19.7. The zero-order chi connectivity index (χ0) is 20.1. The molecule has 0 heterocycles. The zero-order valence-electron chi connectivity index (χ0n) is 15.1. The lowest BCUT2D eigenvalue weighted by atomic mass is 10.1. The van der Waals surface area contributed by atoms with Crippen LogP contribution in [-0.2, 0) is 16.4 Å². The fraction of sp³-hybridized carbons (Fsp3) is 0.0952. The first kappa shape index (κ1) is 19.9. The summed E-state index contributed by atoms with van der Waals surface area (Å²) in [7, 11) is -3.73. The summed E-state index contributed by atoms with van der Waals surface area (Å²) in [6.45, 7) is 2.07. The Morgan fingerprint density at radius 2 is 1.43 bits per heavy atom. The molecule has 5 nitrogen and oxygen atoms in total. The highest BCUT2D eigenvalue weighted by molar-refractivity contribution is 7.92. The summed E-state index contributed by atoms with van der Waals surface area (Å²) >= 11 is 5.79. The third-order valence-electron chi connectivity index (χ3n) is 4.14. The monoisotopic (exact) mass is 414 g/mol. The largest absolute Gasteiger partial charge is 0.322 e. The van der Waals surface area contributed by atoms with Crippen molar-refractivity contribution in [3.63, 3.8) is 0 Å². The van der Waals surface area contributed by atoms with E-state index in [1.54, 1.807) is 24.3 Å². The van der Waals surface area contributed by atoms with Gasteiger partial charge in [-0.2, -0.15) is 0 Å². The van der Waals surface area contributed by atoms with Gasteiger partial charge >= 0.3 is 0 Å².